The lowest BCUT2D eigenvalue weighted by Crippen LogP contribution is -2.56. The van der Waals surface area contributed by atoms with E-state index in [9.17, 15) is 0 Å². The van der Waals surface area contributed by atoms with Crippen molar-refractivity contribution < 1.29 is 5.21 Å². The summed E-state index contributed by atoms with van der Waals surface area (Å²) in [5.41, 5.74) is 4.59. The summed E-state index contributed by atoms with van der Waals surface area (Å²) >= 11 is 0. The summed E-state index contributed by atoms with van der Waals surface area (Å²) in [4.78, 5) is 2.35. The molecule has 3 fully saturated rings. The van der Waals surface area contributed by atoms with E-state index < -0.39 is 0 Å². The molecule has 0 radical (unpaired) electrons. The minimum atomic E-state index is 0.294. The van der Waals surface area contributed by atoms with Gasteiger partial charge in [-0.05, 0) is 32.2 Å². The molecule has 5 nitrogen and oxygen atoms in total. The number of piperazine rings is 1. The van der Waals surface area contributed by atoms with Crippen molar-refractivity contribution in [2.24, 2.45) is 17.0 Å². The Morgan fingerprint density at radius 3 is 2.71 bits per heavy atom. The number of hydrogen-bond donors (Lipinski definition) is 2. The van der Waals surface area contributed by atoms with Crippen LogP contribution in [-0.4, -0.2) is 60.1 Å². The Morgan fingerprint density at radius 2 is 2.00 bits per heavy atom. The number of hydrazine groups is 1. The molecule has 3 atom stereocenters. The zero-order chi connectivity index (χ0) is 11.8. The fourth-order valence-electron chi connectivity index (χ4n) is 3.53. The summed E-state index contributed by atoms with van der Waals surface area (Å²) in [5.74, 6) is 1.22. The molecule has 2 N–H and O–H groups in total. The van der Waals surface area contributed by atoms with Gasteiger partial charge in [-0.25, -0.2) is 10.4 Å². The number of oxime groups is 1. The van der Waals surface area contributed by atoms with E-state index in [0.29, 0.717) is 17.9 Å². The zero-order valence-corrected chi connectivity index (χ0v) is 10.5. The summed E-state index contributed by atoms with van der Waals surface area (Å²) in [5, 5.41) is 15.0. The maximum atomic E-state index is 9.15. The van der Waals surface area contributed by atoms with Crippen LogP contribution in [0.15, 0.2) is 5.16 Å². The summed E-state index contributed by atoms with van der Waals surface area (Å²) in [6.07, 6.45) is 3.71. The highest BCUT2D eigenvalue weighted by atomic mass is 16.4. The van der Waals surface area contributed by atoms with Gasteiger partial charge in [-0.2, -0.15) is 0 Å². The van der Waals surface area contributed by atoms with Crippen molar-refractivity contribution in [3.05, 3.63) is 0 Å². The molecule has 3 rings (SSSR count). The maximum Gasteiger partial charge on any atom is 0.0787 e. The van der Waals surface area contributed by atoms with Gasteiger partial charge in [0.2, 0.25) is 0 Å². The molecule has 0 aromatic carbocycles. The van der Waals surface area contributed by atoms with Gasteiger partial charge in [0.25, 0.3) is 0 Å². The molecule has 5 heteroatoms. The van der Waals surface area contributed by atoms with Crippen LogP contribution in [-0.2, 0) is 0 Å². The Morgan fingerprint density at radius 1 is 1.24 bits per heavy atom. The van der Waals surface area contributed by atoms with Crippen LogP contribution >= 0.6 is 0 Å². The second-order valence-electron chi connectivity index (χ2n) is 5.69. The van der Waals surface area contributed by atoms with E-state index in [1.807, 2.05) is 0 Å². The first-order valence-corrected chi connectivity index (χ1v) is 6.69. The van der Waals surface area contributed by atoms with Crippen LogP contribution in [0.3, 0.4) is 0 Å². The van der Waals surface area contributed by atoms with Gasteiger partial charge in [0, 0.05) is 32.1 Å². The zero-order valence-electron chi connectivity index (χ0n) is 10.5. The van der Waals surface area contributed by atoms with Crippen molar-refractivity contribution in [1.29, 1.82) is 0 Å². The molecule has 1 saturated heterocycles. The van der Waals surface area contributed by atoms with Crippen molar-refractivity contribution in [3.63, 3.8) is 0 Å². The van der Waals surface area contributed by atoms with E-state index in [0.717, 1.165) is 31.9 Å². The third-order valence-corrected chi connectivity index (χ3v) is 4.62. The molecule has 0 spiro atoms. The monoisotopic (exact) mass is 238 g/mol. The number of fused-ring (bicyclic) bond motifs is 2. The average Bonchev–Trinajstić information content (AvgIpc) is 2.92. The van der Waals surface area contributed by atoms with Crippen LogP contribution in [0.2, 0.25) is 0 Å². The highest BCUT2D eigenvalue weighted by Gasteiger charge is 2.46. The second kappa shape index (κ2) is 4.55. The number of likely N-dealkylation sites (N-methyl/N-ethyl adjacent to an activating group) is 1. The van der Waals surface area contributed by atoms with E-state index in [4.69, 9.17) is 5.21 Å². The molecule has 17 heavy (non-hydrogen) atoms. The smallest absolute Gasteiger partial charge is 0.0787 e. The lowest BCUT2D eigenvalue weighted by Gasteiger charge is -2.36. The maximum absolute atomic E-state index is 9.15. The average molecular weight is 238 g/mol. The normalized spacial score (nSPS) is 41.5. The van der Waals surface area contributed by atoms with Crippen molar-refractivity contribution in [2.45, 2.75) is 25.3 Å². The first kappa shape index (κ1) is 11.4. The van der Waals surface area contributed by atoms with Crippen LogP contribution < -0.4 is 5.43 Å². The SMILES string of the molecule is CN1CCN(N[C@@H]2/C(=N/O)[C@H]3CC[C@@H]2C3)CC1. The van der Waals surface area contributed by atoms with Gasteiger partial charge in [-0.15, -0.1) is 0 Å². The van der Waals surface area contributed by atoms with Crippen molar-refractivity contribution in [1.82, 2.24) is 15.3 Å². The Labute approximate surface area is 102 Å². The Hall–Kier alpha value is -0.650. The van der Waals surface area contributed by atoms with Gasteiger partial charge in [0.05, 0.1) is 11.8 Å². The molecule has 1 heterocycles. The van der Waals surface area contributed by atoms with E-state index >= 15 is 0 Å². The molecule has 3 aliphatic rings. The first-order valence-electron chi connectivity index (χ1n) is 6.69. The Kier molecular flexibility index (Phi) is 3.06. The molecule has 1 aliphatic heterocycles. The summed E-state index contributed by atoms with van der Waals surface area (Å²) < 4.78 is 0. The summed E-state index contributed by atoms with van der Waals surface area (Å²) in [7, 11) is 2.16. The molecule has 2 saturated carbocycles. The summed E-state index contributed by atoms with van der Waals surface area (Å²) in [6.45, 7) is 4.34. The van der Waals surface area contributed by atoms with E-state index in [-0.39, 0.29) is 0 Å². The third-order valence-electron chi connectivity index (χ3n) is 4.62. The van der Waals surface area contributed by atoms with Gasteiger partial charge in [-0.1, -0.05) is 5.16 Å². The highest BCUT2D eigenvalue weighted by molar-refractivity contribution is 5.94. The standard InChI is InChI=1S/C12H22N4O/c1-15-4-6-16(7-5-15)13-11-9-2-3-10(8-9)12(11)14-17/h9-11,13,17H,2-8H2,1H3/b14-12+/t9-,10+,11+/m1/s1. The van der Waals surface area contributed by atoms with Crippen molar-refractivity contribution >= 4 is 5.71 Å². The van der Waals surface area contributed by atoms with Gasteiger partial charge in [0.1, 0.15) is 0 Å². The minimum absolute atomic E-state index is 0.294. The van der Waals surface area contributed by atoms with Crippen LogP contribution in [0.4, 0.5) is 0 Å². The van der Waals surface area contributed by atoms with E-state index in [2.05, 4.69) is 27.5 Å². The Balaban J connectivity index is 1.61. The number of hydrogen-bond acceptors (Lipinski definition) is 5. The van der Waals surface area contributed by atoms with Crippen LogP contribution in [0.25, 0.3) is 0 Å². The third kappa shape index (κ3) is 2.07. The molecule has 0 aromatic rings. The van der Waals surface area contributed by atoms with Crippen LogP contribution in [0, 0.1) is 11.8 Å². The largest absolute Gasteiger partial charge is 0.411 e. The fraction of sp³-hybridized carbons (Fsp3) is 0.917. The molecule has 0 amide bonds. The molecule has 2 bridgehead atoms. The van der Waals surface area contributed by atoms with Crippen molar-refractivity contribution in [2.75, 3.05) is 33.2 Å². The lowest BCUT2D eigenvalue weighted by molar-refractivity contribution is 0.0884. The van der Waals surface area contributed by atoms with Gasteiger partial charge < -0.3 is 10.1 Å². The number of nitrogens with one attached hydrogen (secondary N) is 1. The molecular weight excluding hydrogens is 216 g/mol. The highest BCUT2D eigenvalue weighted by Crippen LogP contribution is 2.42. The molecular formula is C12H22N4O. The van der Waals surface area contributed by atoms with Gasteiger partial charge in [-0.3, -0.25) is 0 Å². The fourth-order valence-corrected chi connectivity index (χ4v) is 3.53. The molecule has 96 valence electrons. The molecule has 2 aliphatic carbocycles. The Bertz CT molecular complexity index is 312. The van der Waals surface area contributed by atoms with E-state index in [1.165, 1.54) is 19.3 Å². The number of nitrogens with zero attached hydrogens (tertiary/aromatic N) is 3. The molecule has 0 unspecified atom stereocenters. The van der Waals surface area contributed by atoms with Gasteiger partial charge in [0.15, 0.2) is 0 Å². The minimum Gasteiger partial charge on any atom is -0.411 e. The van der Waals surface area contributed by atoms with Gasteiger partial charge >= 0.3 is 0 Å². The predicted molar refractivity (Wildman–Crippen MR) is 66.0 cm³/mol. The van der Waals surface area contributed by atoms with Crippen LogP contribution in [0.1, 0.15) is 19.3 Å². The van der Waals surface area contributed by atoms with E-state index in [1.54, 1.807) is 0 Å². The van der Waals surface area contributed by atoms with Crippen molar-refractivity contribution in [3.8, 4) is 0 Å². The number of rotatable bonds is 2. The quantitative estimate of drug-likeness (QED) is 0.539. The van der Waals surface area contributed by atoms with Crippen LogP contribution in [0.5, 0.6) is 0 Å². The first-order chi connectivity index (χ1) is 8.28. The second-order valence-corrected chi connectivity index (χ2v) is 5.69. The summed E-state index contributed by atoms with van der Waals surface area (Å²) in [6, 6.07) is 0.294. The topological polar surface area (TPSA) is 51.1 Å². The lowest BCUT2D eigenvalue weighted by atomic mass is 9.94. The molecule has 0 aromatic heterocycles. The predicted octanol–water partition coefficient (Wildman–Crippen LogP) is 0.367.